The molecule has 1 atom stereocenters. The predicted octanol–water partition coefficient (Wildman–Crippen LogP) is 0.729. The van der Waals surface area contributed by atoms with Crippen LogP contribution in [0, 0.1) is 0 Å². The largest absolute Gasteiger partial charge is 0.462 e. The summed E-state index contributed by atoms with van der Waals surface area (Å²) in [5.74, 6) is -0.274. The molecule has 1 aliphatic heterocycles. The molecule has 1 aliphatic rings. The first kappa shape index (κ1) is 14.0. The molecule has 0 saturated carbocycles. The number of rotatable bonds is 5. The minimum absolute atomic E-state index is 0.0351. The Labute approximate surface area is 115 Å². The summed E-state index contributed by atoms with van der Waals surface area (Å²) in [6.45, 7) is 4.32. The summed E-state index contributed by atoms with van der Waals surface area (Å²) in [5, 5.41) is 3.72. The maximum atomic E-state index is 11.8. The summed E-state index contributed by atoms with van der Waals surface area (Å²) in [5.41, 5.74) is 5.98. The van der Waals surface area contributed by atoms with Crippen molar-refractivity contribution in [2.75, 3.05) is 44.0 Å². The van der Waals surface area contributed by atoms with Crippen molar-refractivity contribution in [3.8, 4) is 0 Å². The molecule has 7 nitrogen and oxygen atoms in total. The van der Waals surface area contributed by atoms with Gasteiger partial charge in [-0.1, -0.05) is 0 Å². The van der Waals surface area contributed by atoms with Crippen LogP contribution in [0.5, 0.6) is 0 Å². The number of esters is 1. The van der Waals surface area contributed by atoms with Crippen LogP contribution < -0.4 is 11.1 Å². The normalized spacial score (nSPS) is 19.1. The van der Waals surface area contributed by atoms with E-state index in [0.717, 1.165) is 11.5 Å². The third kappa shape index (κ3) is 3.55. The molecule has 1 fully saturated rings. The Hall–Kier alpha value is -1.38. The lowest BCUT2D eigenvalue weighted by Crippen LogP contribution is -2.34. The summed E-state index contributed by atoms with van der Waals surface area (Å²) in [4.78, 5) is 11.8. The fourth-order valence-electron chi connectivity index (χ4n) is 1.68. The fraction of sp³-hybridized carbons (Fsp3) is 0.636. The standard InChI is InChI=1S/C11H17N3O4S/c1-2-17-11(15)8-9(12)14-19-10(8)13-5-7-6-16-3-4-18-7/h7,13H,2-6H2,1H3,(H2,12,14). The predicted molar refractivity (Wildman–Crippen MR) is 71.5 cm³/mol. The molecule has 1 saturated heterocycles. The van der Waals surface area contributed by atoms with E-state index >= 15 is 0 Å². The van der Waals surface area contributed by atoms with Gasteiger partial charge in [-0.3, -0.25) is 0 Å². The molecule has 19 heavy (non-hydrogen) atoms. The Bertz CT molecular complexity index is 432. The number of carbonyl (C=O) groups excluding carboxylic acids is 1. The molecule has 106 valence electrons. The van der Waals surface area contributed by atoms with Gasteiger partial charge in [-0.2, -0.15) is 4.37 Å². The van der Waals surface area contributed by atoms with E-state index in [9.17, 15) is 4.79 Å². The summed E-state index contributed by atoms with van der Waals surface area (Å²) < 4.78 is 19.7. The van der Waals surface area contributed by atoms with Crippen LogP contribution in [-0.4, -0.2) is 49.4 Å². The van der Waals surface area contributed by atoms with E-state index in [2.05, 4.69) is 9.69 Å². The topological polar surface area (TPSA) is 95.7 Å². The van der Waals surface area contributed by atoms with Crippen molar-refractivity contribution < 1.29 is 19.0 Å². The van der Waals surface area contributed by atoms with Crippen molar-refractivity contribution >= 4 is 28.3 Å². The number of carbonyl (C=O) groups is 1. The molecule has 0 radical (unpaired) electrons. The molecule has 2 heterocycles. The van der Waals surface area contributed by atoms with Crippen LogP contribution in [0.1, 0.15) is 17.3 Å². The van der Waals surface area contributed by atoms with Gasteiger partial charge in [0.25, 0.3) is 0 Å². The Kier molecular flexibility index (Phi) is 4.94. The monoisotopic (exact) mass is 287 g/mol. The SMILES string of the molecule is CCOC(=O)c1c(N)nsc1NCC1COCCO1. The highest BCUT2D eigenvalue weighted by Gasteiger charge is 2.22. The minimum Gasteiger partial charge on any atom is -0.462 e. The van der Waals surface area contributed by atoms with Crippen LogP contribution in [-0.2, 0) is 14.2 Å². The smallest absolute Gasteiger partial charge is 0.344 e. The summed E-state index contributed by atoms with van der Waals surface area (Å²) >= 11 is 1.14. The van der Waals surface area contributed by atoms with E-state index < -0.39 is 5.97 Å². The lowest BCUT2D eigenvalue weighted by molar-refractivity contribution is -0.0818. The molecule has 0 aromatic carbocycles. The molecule has 8 heteroatoms. The van der Waals surface area contributed by atoms with Crippen molar-refractivity contribution in [2.45, 2.75) is 13.0 Å². The summed E-state index contributed by atoms with van der Waals surface area (Å²) in [6.07, 6.45) is -0.0351. The van der Waals surface area contributed by atoms with Crippen LogP contribution in [0.15, 0.2) is 0 Å². The molecular weight excluding hydrogens is 270 g/mol. The number of hydrogen-bond donors (Lipinski definition) is 2. The van der Waals surface area contributed by atoms with Gasteiger partial charge in [0.05, 0.1) is 32.5 Å². The highest BCUT2D eigenvalue weighted by molar-refractivity contribution is 7.11. The zero-order chi connectivity index (χ0) is 13.7. The lowest BCUT2D eigenvalue weighted by atomic mass is 10.3. The second kappa shape index (κ2) is 6.69. The van der Waals surface area contributed by atoms with Crippen LogP contribution in [0.25, 0.3) is 0 Å². The fourth-order valence-corrected chi connectivity index (χ4v) is 2.39. The van der Waals surface area contributed by atoms with Gasteiger partial charge in [-0.25, -0.2) is 4.79 Å². The van der Waals surface area contributed by atoms with Gasteiger partial charge in [0.2, 0.25) is 0 Å². The number of aromatic nitrogens is 1. The third-order valence-corrected chi connectivity index (χ3v) is 3.39. The summed E-state index contributed by atoms with van der Waals surface area (Å²) in [7, 11) is 0. The molecule has 1 aromatic rings. The van der Waals surface area contributed by atoms with Crippen molar-refractivity contribution in [3.05, 3.63) is 5.56 Å². The third-order valence-electron chi connectivity index (χ3n) is 2.57. The van der Waals surface area contributed by atoms with Gasteiger partial charge in [-0.15, -0.1) is 0 Å². The minimum atomic E-state index is -0.461. The average Bonchev–Trinajstić information content (AvgIpc) is 2.79. The second-order valence-electron chi connectivity index (χ2n) is 3.94. The Balaban J connectivity index is 1.97. The number of nitrogens with zero attached hydrogens (tertiary/aromatic N) is 1. The maximum Gasteiger partial charge on any atom is 0.344 e. The average molecular weight is 287 g/mol. The van der Waals surface area contributed by atoms with Crippen LogP contribution in [0.4, 0.5) is 10.8 Å². The van der Waals surface area contributed by atoms with E-state index in [4.69, 9.17) is 19.9 Å². The first-order valence-electron chi connectivity index (χ1n) is 6.07. The number of nitrogen functional groups attached to an aromatic ring is 1. The zero-order valence-corrected chi connectivity index (χ0v) is 11.5. The molecular formula is C11H17N3O4S. The van der Waals surface area contributed by atoms with Crippen molar-refractivity contribution in [1.29, 1.82) is 0 Å². The second-order valence-corrected chi connectivity index (χ2v) is 4.71. The number of anilines is 2. The highest BCUT2D eigenvalue weighted by atomic mass is 32.1. The molecule has 0 spiro atoms. The quantitative estimate of drug-likeness (QED) is 0.771. The van der Waals surface area contributed by atoms with E-state index in [-0.39, 0.29) is 11.9 Å². The number of ether oxygens (including phenoxy) is 3. The Morgan fingerprint density at radius 3 is 3.16 bits per heavy atom. The van der Waals surface area contributed by atoms with Gasteiger partial charge in [0.1, 0.15) is 10.6 Å². The van der Waals surface area contributed by atoms with E-state index in [1.165, 1.54) is 0 Å². The zero-order valence-electron chi connectivity index (χ0n) is 10.7. The van der Waals surface area contributed by atoms with Crippen LogP contribution in [0.2, 0.25) is 0 Å². The van der Waals surface area contributed by atoms with Crippen LogP contribution in [0.3, 0.4) is 0 Å². The summed E-state index contributed by atoms with van der Waals surface area (Å²) in [6, 6.07) is 0. The lowest BCUT2D eigenvalue weighted by Gasteiger charge is -2.23. The first-order chi connectivity index (χ1) is 9.22. The van der Waals surface area contributed by atoms with E-state index in [1.807, 2.05) is 0 Å². The van der Waals surface area contributed by atoms with Gasteiger partial charge >= 0.3 is 5.97 Å². The number of nitrogens with one attached hydrogen (secondary N) is 1. The van der Waals surface area contributed by atoms with Gasteiger partial charge in [0.15, 0.2) is 5.82 Å². The molecule has 1 unspecified atom stereocenters. The molecule has 3 N–H and O–H groups in total. The maximum absolute atomic E-state index is 11.8. The van der Waals surface area contributed by atoms with Gasteiger partial charge in [-0.05, 0) is 18.5 Å². The van der Waals surface area contributed by atoms with Crippen molar-refractivity contribution in [3.63, 3.8) is 0 Å². The van der Waals surface area contributed by atoms with E-state index in [0.29, 0.717) is 43.5 Å². The molecule has 2 rings (SSSR count). The Morgan fingerprint density at radius 1 is 1.63 bits per heavy atom. The van der Waals surface area contributed by atoms with Gasteiger partial charge in [0, 0.05) is 6.54 Å². The van der Waals surface area contributed by atoms with Crippen molar-refractivity contribution in [1.82, 2.24) is 4.37 Å². The molecule has 0 aliphatic carbocycles. The number of nitrogens with two attached hydrogens (primary N) is 1. The molecule has 0 amide bonds. The molecule has 1 aromatic heterocycles. The highest BCUT2D eigenvalue weighted by Crippen LogP contribution is 2.27. The van der Waals surface area contributed by atoms with Crippen molar-refractivity contribution in [2.24, 2.45) is 0 Å². The number of hydrogen-bond acceptors (Lipinski definition) is 8. The van der Waals surface area contributed by atoms with Gasteiger partial charge < -0.3 is 25.3 Å². The molecule has 0 bridgehead atoms. The Morgan fingerprint density at radius 2 is 2.47 bits per heavy atom. The first-order valence-corrected chi connectivity index (χ1v) is 6.85. The van der Waals surface area contributed by atoms with Crippen LogP contribution >= 0.6 is 11.5 Å². The van der Waals surface area contributed by atoms with E-state index in [1.54, 1.807) is 6.92 Å².